The van der Waals surface area contributed by atoms with Crippen LogP contribution in [-0.4, -0.2) is 39.7 Å². The number of anilines is 1. The summed E-state index contributed by atoms with van der Waals surface area (Å²) in [4.78, 5) is 13.9. The Labute approximate surface area is 104 Å². The molecule has 6 nitrogen and oxygen atoms in total. The number of nitrogens with one attached hydrogen (secondary N) is 1. The van der Waals surface area contributed by atoms with Crippen molar-refractivity contribution >= 4 is 23.3 Å². The highest BCUT2D eigenvalue weighted by molar-refractivity contribution is 7.98. The van der Waals surface area contributed by atoms with Gasteiger partial charge < -0.3 is 10.4 Å². The Morgan fingerprint density at radius 3 is 2.88 bits per heavy atom. The van der Waals surface area contributed by atoms with E-state index in [-0.39, 0.29) is 18.3 Å². The fourth-order valence-electron chi connectivity index (χ4n) is 1.34. The van der Waals surface area contributed by atoms with Crippen molar-refractivity contribution in [2.24, 2.45) is 0 Å². The van der Waals surface area contributed by atoms with Gasteiger partial charge in [-0.1, -0.05) is 0 Å². The lowest BCUT2D eigenvalue weighted by Gasteiger charge is -2.16. The molecule has 7 heteroatoms. The summed E-state index contributed by atoms with van der Waals surface area (Å²) in [5.74, 6) is 1.43. The predicted octanol–water partition coefficient (Wildman–Crippen LogP) is 1.52. The molecule has 0 radical (unpaired) electrons. The van der Waals surface area contributed by atoms with Crippen molar-refractivity contribution in [1.29, 1.82) is 0 Å². The Morgan fingerprint density at radius 2 is 2.41 bits per heavy atom. The molecule has 0 unspecified atom stereocenters. The van der Waals surface area contributed by atoms with Crippen LogP contribution < -0.4 is 5.32 Å². The number of aliphatic hydroxyl groups excluding tert-OH is 1. The number of aromatic nitrogens is 1. The average Bonchev–Trinajstić information content (AvgIpc) is 2.30. The van der Waals surface area contributed by atoms with Gasteiger partial charge in [-0.05, 0) is 18.7 Å². The number of nitrogens with zero attached hydrogens (tertiary/aromatic N) is 2. The van der Waals surface area contributed by atoms with E-state index in [1.165, 1.54) is 12.3 Å². The highest BCUT2D eigenvalue weighted by atomic mass is 32.2. The van der Waals surface area contributed by atoms with Crippen LogP contribution in [0.3, 0.4) is 0 Å². The van der Waals surface area contributed by atoms with Crippen molar-refractivity contribution in [2.75, 3.05) is 23.9 Å². The van der Waals surface area contributed by atoms with Gasteiger partial charge in [0.05, 0.1) is 4.92 Å². The lowest BCUT2D eigenvalue weighted by molar-refractivity contribution is -0.385. The number of thioether (sulfide) groups is 1. The number of aliphatic hydroxyl groups is 1. The summed E-state index contributed by atoms with van der Waals surface area (Å²) in [6.45, 7) is 0.102. The molecular formula is C10H15N3O3S. The van der Waals surface area contributed by atoms with Gasteiger partial charge in [-0.15, -0.1) is 0 Å². The summed E-state index contributed by atoms with van der Waals surface area (Å²) in [5, 5.41) is 22.5. The van der Waals surface area contributed by atoms with Crippen molar-refractivity contribution < 1.29 is 10.0 Å². The summed E-state index contributed by atoms with van der Waals surface area (Å²) in [7, 11) is 0. The Kier molecular flexibility index (Phi) is 5.71. The maximum atomic E-state index is 10.4. The predicted molar refractivity (Wildman–Crippen MR) is 68.4 cm³/mol. The van der Waals surface area contributed by atoms with Gasteiger partial charge in [-0.3, -0.25) is 10.1 Å². The van der Waals surface area contributed by atoms with Gasteiger partial charge in [-0.25, -0.2) is 4.98 Å². The van der Waals surface area contributed by atoms with Crippen LogP contribution in [0.2, 0.25) is 0 Å². The van der Waals surface area contributed by atoms with Crippen LogP contribution in [0.15, 0.2) is 18.3 Å². The van der Waals surface area contributed by atoms with Crippen LogP contribution in [0.4, 0.5) is 11.5 Å². The Bertz CT molecular complexity index is 352. The van der Waals surface area contributed by atoms with E-state index >= 15 is 0 Å². The molecule has 0 amide bonds. The molecule has 0 saturated heterocycles. The van der Waals surface area contributed by atoms with Gasteiger partial charge in [0.15, 0.2) is 0 Å². The van der Waals surface area contributed by atoms with Crippen LogP contribution in [0, 0.1) is 10.1 Å². The monoisotopic (exact) mass is 257 g/mol. The normalized spacial score (nSPS) is 12.1. The number of pyridine rings is 1. The van der Waals surface area contributed by atoms with Crippen molar-refractivity contribution in [2.45, 2.75) is 12.5 Å². The zero-order valence-electron chi connectivity index (χ0n) is 9.50. The molecule has 0 fully saturated rings. The first-order valence-corrected chi connectivity index (χ1v) is 6.53. The molecule has 1 rings (SSSR count). The van der Waals surface area contributed by atoms with Crippen LogP contribution in [-0.2, 0) is 0 Å². The molecule has 1 aromatic heterocycles. The van der Waals surface area contributed by atoms with Crippen LogP contribution >= 0.6 is 11.8 Å². The fraction of sp³-hybridized carbons (Fsp3) is 0.500. The minimum absolute atomic E-state index is 0.0286. The zero-order chi connectivity index (χ0) is 12.7. The SMILES string of the molecule is CSC[C@H](CCO)Nc1ccc([N+](=O)[O-])cn1. The lowest BCUT2D eigenvalue weighted by atomic mass is 10.2. The summed E-state index contributed by atoms with van der Waals surface area (Å²) < 4.78 is 0. The smallest absolute Gasteiger partial charge is 0.287 e. The molecule has 0 aromatic carbocycles. The Hall–Kier alpha value is -1.34. The van der Waals surface area contributed by atoms with Gasteiger partial charge in [-0.2, -0.15) is 11.8 Å². The average molecular weight is 257 g/mol. The molecule has 0 bridgehead atoms. The quantitative estimate of drug-likeness (QED) is 0.568. The zero-order valence-corrected chi connectivity index (χ0v) is 10.3. The second-order valence-electron chi connectivity index (χ2n) is 3.47. The lowest BCUT2D eigenvalue weighted by Crippen LogP contribution is -2.24. The fourth-order valence-corrected chi connectivity index (χ4v) is 2.00. The third kappa shape index (κ3) is 4.58. The number of hydrogen-bond donors (Lipinski definition) is 2. The van der Waals surface area contributed by atoms with Gasteiger partial charge in [0.25, 0.3) is 5.69 Å². The van der Waals surface area contributed by atoms with E-state index in [2.05, 4.69) is 10.3 Å². The number of rotatable bonds is 7. The molecule has 1 aromatic rings. The van der Waals surface area contributed by atoms with E-state index in [1.54, 1.807) is 17.8 Å². The summed E-state index contributed by atoms with van der Waals surface area (Å²) in [6, 6.07) is 3.09. The topological polar surface area (TPSA) is 88.3 Å². The molecule has 2 N–H and O–H groups in total. The first-order valence-electron chi connectivity index (χ1n) is 5.14. The molecular weight excluding hydrogens is 242 g/mol. The minimum atomic E-state index is -0.482. The number of nitro groups is 1. The van der Waals surface area contributed by atoms with Gasteiger partial charge in [0.2, 0.25) is 0 Å². The second-order valence-corrected chi connectivity index (χ2v) is 4.38. The molecule has 0 saturated carbocycles. The third-order valence-electron chi connectivity index (χ3n) is 2.16. The third-order valence-corrected chi connectivity index (χ3v) is 2.89. The molecule has 0 spiro atoms. The van der Waals surface area contributed by atoms with Crippen molar-refractivity contribution in [3.63, 3.8) is 0 Å². The molecule has 1 heterocycles. The standard InChI is InChI=1S/C10H15N3O3S/c1-17-7-8(4-5-14)12-10-3-2-9(6-11-10)13(15)16/h2-3,6,8,14H,4-5,7H2,1H3,(H,11,12)/t8-/m0/s1. The van der Waals surface area contributed by atoms with Crippen LogP contribution in [0.1, 0.15) is 6.42 Å². The van der Waals surface area contributed by atoms with Crippen molar-refractivity contribution in [3.05, 3.63) is 28.4 Å². The molecule has 0 aliphatic carbocycles. The van der Waals surface area contributed by atoms with Crippen LogP contribution in [0.25, 0.3) is 0 Å². The van der Waals surface area contributed by atoms with E-state index in [0.29, 0.717) is 12.2 Å². The minimum Gasteiger partial charge on any atom is -0.396 e. The first kappa shape index (κ1) is 13.7. The van der Waals surface area contributed by atoms with E-state index in [0.717, 1.165) is 5.75 Å². The van der Waals surface area contributed by atoms with E-state index in [4.69, 9.17) is 5.11 Å². The van der Waals surface area contributed by atoms with E-state index < -0.39 is 4.92 Å². The molecule has 0 aliphatic heterocycles. The largest absolute Gasteiger partial charge is 0.396 e. The van der Waals surface area contributed by atoms with Gasteiger partial charge >= 0.3 is 0 Å². The van der Waals surface area contributed by atoms with E-state index in [1.807, 2.05) is 6.26 Å². The molecule has 1 atom stereocenters. The number of hydrogen-bond acceptors (Lipinski definition) is 6. The molecule has 17 heavy (non-hydrogen) atoms. The maximum absolute atomic E-state index is 10.4. The highest BCUT2D eigenvalue weighted by Gasteiger charge is 2.10. The molecule has 94 valence electrons. The van der Waals surface area contributed by atoms with Crippen molar-refractivity contribution in [1.82, 2.24) is 4.98 Å². The Morgan fingerprint density at radius 1 is 1.65 bits per heavy atom. The maximum Gasteiger partial charge on any atom is 0.287 e. The summed E-state index contributed by atoms with van der Waals surface area (Å²) in [6.07, 6.45) is 3.83. The second kappa shape index (κ2) is 7.08. The first-order chi connectivity index (χ1) is 8.17. The molecule has 0 aliphatic rings. The Balaban J connectivity index is 2.62. The van der Waals surface area contributed by atoms with Crippen LogP contribution in [0.5, 0.6) is 0 Å². The van der Waals surface area contributed by atoms with Gasteiger partial charge in [0, 0.05) is 24.5 Å². The van der Waals surface area contributed by atoms with Gasteiger partial charge in [0.1, 0.15) is 12.0 Å². The highest BCUT2D eigenvalue weighted by Crippen LogP contribution is 2.14. The summed E-state index contributed by atoms with van der Waals surface area (Å²) >= 11 is 1.67. The van der Waals surface area contributed by atoms with E-state index in [9.17, 15) is 10.1 Å². The van der Waals surface area contributed by atoms with Crippen molar-refractivity contribution in [3.8, 4) is 0 Å². The summed E-state index contributed by atoms with van der Waals surface area (Å²) in [5.41, 5.74) is -0.0286.